The third-order valence-electron chi connectivity index (χ3n) is 4.80. The molecule has 0 spiro atoms. The molecule has 0 aliphatic heterocycles. The molecule has 0 bridgehead atoms. The van der Waals surface area contributed by atoms with E-state index in [0.29, 0.717) is 5.56 Å². The van der Waals surface area contributed by atoms with E-state index in [1.54, 1.807) is 13.0 Å². The lowest BCUT2D eigenvalue weighted by molar-refractivity contribution is -0.140. The van der Waals surface area contributed by atoms with Gasteiger partial charge in [0.25, 0.3) is 11.5 Å². The van der Waals surface area contributed by atoms with Crippen molar-refractivity contribution >= 4 is 5.65 Å². The van der Waals surface area contributed by atoms with Gasteiger partial charge in [0.2, 0.25) is 0 Å². The number of rotatable bonds is 4. The SMILES string of the molecule is Cc1ccn2c(=O)c(-c3ccc(OC[C@H]4CC4(F)F)cc3)c(C(F)(F)F)nc2c1. The predicted molar refractivity (Wildman–Crippen MR) is 95.2 cm³/mol. The van der Waals surface area contributed by atoms with Gasteiger partial charge < -0.3 is 4.74 Å². The number of benzene rings is 1. The predicted octanol–water partition coefficient (Wildman–Crippen LogP) is 4.72. The molecule has 0 radical (unpaired) electrons. The van der Waals surface area contributed by atoms with E-state index >= 15 is 0 Å². The van der Waals surface area contributed by atoms with Crippen LogP contribution in [0.4, 0.5) is 22.0 Å². The lowest BCUT2D eigenvalue weighted by Crippen LogP contribution is -2.24. The molecule has 1 saturated carbocycles. The Hall–Kier alpha value is -2.97. The molecule has 2 heterocycles. The highest BCUT2D eigenvalue weighted by Crippen LogP contribution is 2.48. The highest BCUT2D eigenvalue weighted by Gasteiger charge is 2.57. The van der Waals surface area contributed by atoms with Gasteiger partial charge in [0.05, 0.1) is 18.1 Å². The van der Waals surface area contributed by atoms with Crippen molar-refractivity contribution < 1.29 is 26.7 Å². The summed E-state index contributed by atoms with van der Waals surface area (Å²) in [6, 6.07) is 8.25. The Kier molecular flexibility index (Phi) is 4.36. The molecule has 1 fully saturated rings. The summed E-state index contributed by atoms with van der Waals surface area (Å²) < 4.78 is 72.9. The second-order valence-corrected chi connectivity index (χ2v) is 7.07. The highest BCUT2D eigenvalue weighted by atomic mass is 19.4. The maximum absolute atomic E-state index is 13.6. The molecule has 9 heteroatoms. The average molecular weight is 410 g/mol. The van der Waals surface area contributed by atoms with Gasteiger partial charge in [-0.3, -0.25) is 9.20 Å². The molecule has 4 nitrogen and oxygen atoms in total. The minimum atomic E-state index is -4.83. The van der Waals surface area contributed by atoms with Crippen LogP contribution in [0.15, 0.2) is 47.4 Å². The minimum Gasteiger partial charge on any atom is -0.493 e. The zero-order chi connectivity index (χ0) is 21.0. The largest absolute Gasteiger partial charge is 0.493 e. The lowest BCUT2D eigenvalue weighted by atomic mass is 10.0. The van der Waals surface area contributed by atoms with E-state index in [-0.39, 0.29) is 30.0 Å². The van der Waals surface area contributed by atoms with Crippen molar-refractivity contribution in [3.05, 3.63) is 64.2 Å². The van der Waals surface area contributed by atoms with Crippen molar-refractivity contribution in [2.75, 3.05) is 6.61 Å². The molecule has 1 atom stereocenters. The summed E-state index contributed by atoms with van der Waals surface area (Å²) in [7, 11) is 0. The summed E-state index contributed by atoms with van der Waals surface area (Å²) in [6.07, 6.45) is -3.70. The van der Waals surface area contributed by atoms with Crippen LogP contribution in [0.1, 0.15) is 17.7 Å². The minimum absolute atomic E-state index is 0.00824. The molecule has 0 N–H and O–H groups in total. The van der Waals surface area contributed by atoms with E-state index in [4.69, 9.17) is 4.74 Å². The molecule has 0 amide bonds. The van der Waals surface area contributed by atoms with E-state index in [2.05, 4.69) is 4.98 Å². The molecule has 1 aromatic carbocycles. The van der Waals surface area contributed by atoms with Gasteiger partial charge in [-0.05, 0) is 42.3 Å². The molecule has 4 rings (SSSR count). The van der Waals surface area contributed by atoms with E-state index in [1.807, 2.05) is 0 Å². The van der Waals surface area contributed by atoms with Crippen LogP contribution in [0.2, 0.25) is 0 Å². The molecule has 3 aromatic rings. The van der Waals surface area contributed by atoms with Crippen molar-refractivity contribution in [1.82, 2.24) is 9.38 Å². The number of ether oxygens (including phenoxy) is 1. The molecule has 0 unspecified atom stereocenters. The summed E-state index contributed by atoms with van der Waals surface area (Å²) in [4.78, 5) is 16.5. The summed E-state index contributed by atoms with van der Waals surface area (Å²) in [5.41, 5.74) is -2.14. The van der Waals surface area contributed by atoms with Crippen LogP contribution < -0.4 is 10.3 Å². The maximum atomic E-state index is 13.6. The molecular formula is C20H15F5N2O2. The number of pyridine rings is 1. The van der Waals surface area contributed by atoms with Crippen LogP contribution in [0.25, 0.3) is 16.8 Å². The highest BCUT2D eigenvalue weighted by molar-refractivity contribution is 5.68. The van der Waals surface area contributed by atoms with Gasteiger partial charge in [-0.2, -0.15) is 13.2 Å². The molecular weight excluding hydrogens is 395 g/mol. The molecule has 1 aliphatic rings. The summed E-state index contributed by atoms with van der Waals surface area (Å²) in [5, 5.41) is 0. The quantitative estimate of drug-likeness (QED) is 0.585. The van der Waals surface area contributed by atoms with Crippen LogP contribution >= 0.6 is 0 Å². The lowest BCUT2D eigenvalue weighted by Gasteiger charge is -2.14. The average Bonchev–Trinajstić information content (AvgIpc) is 3.26. The van der Waals surface area contributed by atoms with Crippen molar-refractivity contribution in [3.63, 3.8) is 0 Å². The first kappa shape index (κ1) is 19.4. The molecule has 0 saturated heterocycles. The first-order chi connectivity index (χ1) is 13.6. The summed E-state index contributed by atoms with van der Waals surface area (Å²) in [5.74, 6) is -3.34. The molecule has 29 heavy (non-hydrogen) atoms. The standard InChI is InChI=1S/C20H15F5N2O2/c1-11-6-7-27-15(8-11)26-17(20(23,24)25)16(18(27)28)12-2-4-14(5-3-12)29-10-13-9-19(13,21)22/h2-8,13H,9-10H2,1H3/t13-/m1/s1. The zero-order valence-electron chi connectivity index (χ0n) is 15.1. The van der Waals surface area contributed by atoms with E-state index in [0.717, 1.165) is 4.40 Å². The number of hydrogen-bond acceptors (Lipinski definition) is 3. The second kappa shape index (κ2) is 6.53. The molecule has 1 aliphatic carbocycles. The van der Waals surface area contributed by atoms with Gasteiger partial charge in [0.15, 0.2) is 5.69 Å². The summed E-state index contributed by atoms with van der Waals surface area (Å²) >= 11 is 0. The maximum Gasteiger partial charge on any atom is 0.434 e. The molecule has 2 aromatic heterocycles. The monoisotopic (exact) mass is 410 g/mol. The first-order valence-corrected chi connectivity index (χ1v) is 8.77. The van der Waals surface area contributed by atoms with Crippen LogP contribution in [0, 0.1) is 12.8 Å². The van der Waals surface area contributed by atoms with Crippen LogP contribution in [-0.2, 0) is 6.18 Å². The number of aromatic nitrogens is 2. The number of nitrogens with zero attached hydrogens (tertiary/aromatic N) is 2. The second-order valence-electron chi connectivity index (χ2n) is 7.07. The number of hydrogen-bond donors (Lipinski definition) is 0. The Labute approximate surface area is 161 Å². The first-order valence-electron chi connectivity index (χ1n) is 8.77. The fraction of sp³-hybridized carbons (Fsp3) is 0.300. The Morgan fingerprint density at radius 3 is 2.45 bits per heavy atom. The third kappa shape index (κ3) is 3.68. The van der Waals surface area contributed by atoms with Crippen molar-refractivity contribution in [3.8, 4) is 16.9 Å². The van der Waals surface area contributed by atoms with Gasteiger partial charge in [-0.25, -0.2) is 13.8 Å². The van der Waals surface area contributed by atoms with E-state index in [1.165, 1.54) is 36.5 Å². The number of aryl methyl sites for hydroxylation is 1. The van der Waals surface area contributed by atoms with Gasteiger partial charge in [0, 0.05) is 12.6 Å². The zero-order valence-corrected chi connectivity index (χ0v) is 15.1. The van der Waals surface area contributed by atoms with Gasteiger partial charge >= 0.3 is 6.18 Å². The van der Waals surface area contributed by atoms with E-state index < -0.39 is 34.8 Å². The summed E-state index contributed by atoms with van der Waals surface area (Å²) in [6.45, 7) is 1.50. The number of alkyl halides is 5. The Bertz CT molecular complexity index is 1140. The van der Waals surface area contributed by atoms with Crippen molar-refractivity contribution in [2.45, 2.75) is 25.4 Å². The third-order valence-corrected chi connectivity index (χ3v) is 4.80. The van der Waals surface area contributed by atoms with Gasteiger partial charge in [0.1, 0.15) is 11.4 Å². The van der Waals surface area contributed by atoms with Crippen LogP contribution in [0.5, 0.6) is 5.75 Å². The Balaban J connectivity index is 1.73. The topological polar surface area (TPSA) is 43.6 Å². The van der Waals surface area contributed by atoms with Crippen LogP contribution in [-0.4, -0.2) is 21.9 Å². The Morgan fingerprint density at radius 2 is 1.86 bits per heavy atom. The normalized spacial score (nSPS) is 18.1. The van der Waals surface area contributed by atoms with Crippen molar-refractivity contribution in [1.29, 1.82) is 0 Å². The van der Waals surface area contributed by atoms with Gasteiger partial charge in [-0.1, -0.05) is 12.1 Å². The fourth-order valence-electron chi connectivity index (χ4n) is 3.07. The smallest absolute Gasteiger partial charge is 0.434 e. The van der Waals surface area contributed by atoms with E-state index in [9.17, 15) is 26.7 Å². The van der Waals surface area contributed by atoms with Crippen molar-refractivity contribution in [2.24, 2.45) is 5.92 Å². The number of halogens is 5. The molecule has 152 valence electrons. The van der Waals surface area contributed by atoms with Gasteiger partial charge in [-0.15, -0.1) is 0 Å². The Morgan fingerprint density at radius 1 is 1.21 bits per heavy atom. The fourth-order valence-corrected chi connectivity index (χ4v) is 3.07. The number of fused-ring (bicyclic) bond motifs is 1. The van der Waals surface area contributed by atoms with Crippen LogP contribution in [0.3, 0.4) is 0 Å².